The molecule has 0 radical (unpaired) electrons. The molecule has 3 heterocycles. The normalized spacial score (nSPS) is 23.2. The first-order chi connectivity index (χ1) is 19.4. The topological polar surface area (TPSA) is 93.1 Å². The average Bonchev–Trinajstić information content (AvgIpc) is 3.74. The first-order valence-corrected chi connectivity index (χ1v) is 14.4. The van der Waals surface area contributed by atoms with Gasteiger partial charge in [0, 0.05) is 23.7 Å². The molecule has 40 heavy (non-hydrogen) atoms. The number of thiocarbonyl (C=S) groups is 1. The molecule has 3 aliphatic rings. The summed E-state index contributed by atoms with van der Waals surface area (Å²) >= 11 is 6.94. The molecule has 7 rings (SSSR count). The van der Waals surface area contributed by atoms with Gasteiger partial charge < -0.3 is 18.7 Å². The predicted molar refractivity (Wildman–Crippen MR) is 158 cm³/mol. The van der Waals surface area contributed by atoms with Crippen LogP contribution in [-0.4, -0.2) is 33.4 Å². The number of furan rings is 1. The summed E-state index contributed by atoms with van der Waals surface area (Å²) in [5, 5.41) is 11.3. The zero-order chi connectivity index (χ0) is 27.5. The number of rotatable bonds is 5. The van der Waals surface area contributed by atoms with Gasteiger partial charge in [-0.2, -0.15) is 0 Å². The van der Waals surface area contributed by atoms with Gasteiger partial charge in [-0.1, -0.05) is 54.7 Å². The SMILES string of the molecule is COc1ccc2c(O)c(-c3ccc(-c4ccc(/C=C5\SC(=S)N(C6CC7CCC6C7)C5=O)o4)cc3)c(=O)oc2c1. The van der Waals surface area contributed by atoms with Gasteiger partial charge in [0.1, 0.15) is 38.5 Å². The number of hydrogen-bond acceptors (Lipinski definition) is 8. The summed E-state index contributed by atoms with van der Waals surface area (Å²) in [5.74, 6) is 2.83. The highest BCUT2D eigenvalue weighted by atomic mass is 32.2. The summed E-state index contributed by atoms with van der Waals surface area (Å²) < 4.78 is 17.3. The fraction of sp³-hybridized carbons (Fsp3) is 0.258. The van der Waals surface area contributed by atoms with Crippen LogP contribution in [0.4, 0.5) is 0 Å². The van der Waals surface area contributed by atoms with Gasteiger partial charge in [-0.15, -0.1) is 0 Å². The Balaban J connectivity index is 1.12. The molecule has 9 heteroatoms. The summed E-state index contributed by atoms with van der Waals surface area (Å²) in [4.78, 5) is 28.4. The molecule has 7 nitrogen and oxygen atoms in total. The van der Waals surface area contributed by atoms with Gasteiger partial charge >= 0.3 is 5.63 Å². The van der Waals surface area contributed by atoms with E-state index in [2.05, 4.69) is 0 Å². The van der Waals surface area contributed by atoms with Crippen molar-refractivity contribution in [1.82, 2.24) is 4.90 Å². The van der Waals surface area contributed by atoms with E-state index in [4.69, 9.17) is 25.8 Å². The van der Waals surface area contributed by atoms with Crippen molar-refractivity contribution in [2.24, 2.45) is 11.8 Å². The van der Waals surface area contributed by atoms with Crippen LogP contribution in [0.3, 0.4) is 0 Å². The number of benzene rings is 2. The van der Waals surface area contributed by atoms with E-state index in [0.29, 0.717) is 43.4 Å². The van der Waals surface area contributed by atoms with Gasteiger partial charge in [-0.05, 0) is 60.9 Å². The minimum absolute atomic E-state index is 0.0256. The molecule has 2 aliphatic carbocycles. The lowest BCUT2D eigenvalue weighted by Gasteiger charge is -2.30. The number of thioether (sulfide) groups is 1. The average molecular weight is 572 g/mol. The smallest absolute Gasteiger partial charge is 0.347 e. The van der Waals surface area contributed by atoms with Gasteiger partial charge in [0.15, 0.2) is 0 Å². The number of methoxy groups -OCH3 is 1. The number of fused-ring (bicyclic) bond motifs is 3. The van der Waals surface area contributed by atoms with Crippen molar-refractivity contribution in [3.8, 4) is 33.9 Å². The zero-order valence-corrected chi connectivity index (χ0v) is 23.2. The second-order valence-electron chi connectivity index (χ2n) is 10.5. The van der Waals surface area contributed by atoms with Crippen molar-refractivity contribution >= 4 is 51.3 Å². The monoisotopic (exact) mass is 571 g/mol. The molecule has 4 aromatic rings. The van der Waals surface area contributed by atoms with Gasteiger partial charge in [0.2, 0.25) is 0 Å². The molecule has 3 atom stereocenters. The van der Waals surface area contributed by atoms with E-state index in [1.807, 2.05) is 29.2 Å². The molecule has 202 valence electrons. The Bertz CT molecular complexity index is 1770. The van der Waals surface area contributed by atoms with Crippen molar-refractivity contribution < 1.29 is 23.5 Å². The third-order valence-corrected chi connectivity index (χ3v) is 9.63. The molecule has 1 amide bonds. The third-order valence-electron chi connectivity index (χ3n) is 8.30. The maximum atomic E-state index is 13.2. The molecular weight excluding hydrogens is 546 g/mol. The van der Waals surface area contributed by atoms with Crippen molar-refractivity contribution in [1.29, 1.82) is 0 Å². The van der Waals surface area contributed by atoms with Crippen LogP contribution in [0.1, 0.15) is 31.4 Å². The number of hydrogen-bond donors (Lipinski definition) is 1. The highest BCUT2D eigenvalue weighted by molar-refractivity contribution is 8.26. The summed E-state index contributed by atoms with van der Waals surface area (Å²) in [6.45, 7) is 0. The van der Waals surface area contributed by atoms with Crippen molar-refractivity contribution in [2.75, 3.05) is 7.11 Å². The maximum absolute atomic E-state index is 13.2. The number of carbonyl (C=O) groups excluding carboxylic acids is 1. The van der Waals surface area contributed by atoms with E-state index in [1.165, 1.54) is 38.1 Å². The summed E-state index contributed by atoms with van der Waals surface area (Å²) in [6, 6.07) is 15.9. The molecule has 1 aliphatic heterocycles. The number of ether oxygens (including phenoxy) is 1. The Kier molecular flexibility index (Phi) is 6.09. The van der Waals surface area contributed by atoms with Crippen molar-refractivity contribution in [3.63, 3.8) is 0 Å². The van der Waals surface area contributed by atoms with Crippen molar-refractivity contribution in [2.45, 2.75) is 31.7 Å². The van der Waals surface area contributed by atoms with Crippen LogP contribution in [0.5, 0.6) is 11.5 Å². The molecular formula is C31H25NO6S2. The lowest BCUT2D eigenvalue weighted by molar-refractivity contribution is -0.124. The predicted octanol–water partition coefficient (Wildman–Crippen LogP) is 6.82. The first kappa shape index (κ1) is 25.2. The van der Waals surface area contributed by atoms with Crippen LogP contribution in [0.15, 0.2) is 73.1 Å². The summed E-state index contributed by atoms with van der Waals surface area (Å²) in [5.41, 5.74) is 0.990. The van der Waals surface area contributed by atoms with E-state index >= 15 is 0 Å². The highest BCUT2D eigenvalue weighted by Crippen LogP contribution is 2.49. The minimum atomic E-state index is -0.644. The van der Waals surface area contributed by atoms with Crippen LogP contribution < -0.4 is 10.4 Å². The second-order valence-corrected chi connectivity index (χ2v) is 12.2. The van der Waals surface area contributed by atoms with Gasteiger partial charge in [-0.3, -0.25) is 9.69 Å². The van der Waals surface area contributed by atoms with Crippen LogP contribution in [0.2, 0.25) is 0 Å². The Morgan fingerprint density at radius 1 is 1.02 bits per heavy atom. The van der Waals surface area contributed by atoms with E-state index in [0.717, 1.165) is 17.9 Å². The van der Waals surface area contributed by atoms with Gasteiger partial charge in [0.25, 0.3) is 5.91 Å². The third kappa shape index (κ3) is 4.15. The number of nitrogens with zero attached hydrogens (tertiary/aromatic N) is 1. The van der Waals surface area contributed by atoms with Crippen molar-refractivity contribution in [3.05, 3.63) is 75.7 Å². The highest BCUT2D eigenvalue weighted by Gasteiger charge is 2.48. The fourth-order valence-corrected chi connectivity index (χ4v) is 7.71. The summed E-state index contributed by atoms with van der Waals surface area (Å²) in [7, 11) is 1.52. The molecule has 2 saturated carbocycles. The number of carbonyl (C=O) groups is 1. The Morgan fingerprint density at radius 2 is 1.82 bits per heavy atom. The van der Waals surface area contributed by atoms with Crippen LogP contribution in [0, 0.1) is 11.8 Å². The standard InChI is InChI=1S/C31H25NO6S2/c1-36-20-8-10-22-25(14-20)38-30(35)27(28(22)33)18-6-4-17(5-7-18)24-11-9-21(37-24)15-26-29(34)32(31(39)40-26)23-13-16-2-3-19(23)12-16/h4-11,14-16,19,23,33H,2-3,12-13H2,1H3/b26-15-. The molecule has 3 fully saturated rings. The molecule has 1 saturated heterocycles. The zero-order valence-electron chi connectivity index (χ0n) is 21.6. The largest absolute Gasteiger partial charge is 0.506 e. The van der Waals surface area contributed by atoms with E-state index in [-0.39, 0.29) is 28.8 Å². The van der Waals surface area contributed by atoms with E-state index in [1.54, 1.807) is 36.4 Å². The lowest BCUT2D eigenvalue weighted by Crippen LogP contribution is -2.41. The Hall–Kier alpha value is -3.82. The fourth-order valence-electron chi connectivity index (χ4n) is 6.36. The quantitative estimate of drug-likeness (QED) is 0.158. The van der Waals surface area contributed by atoms with E-state index in [9.17, 15) is 14.7 Å². The lowest BCUT2D eigenvalue weighted by atomic mass is 9.94. The molecule has 2 aromatic carbocycles. The minimum Gasteiger partial charge on any atom is -0.506 e. The van der Waals surface area contributed by atoms with Crippen LogP contribution in [0.25, 0.3) is 39.5 Å². The maximum Gasteiger partial charge on any atom is 0.347 e. The van der Waals surface area contributed by atoms with E-state index < -0.39 is 5.63 Å². The Morgan fingerprint density at radius 3 is 2.55 bits per heavy atom. The second kappa shape index (κ2) is 9.67. The molecule has 1 N–H and O–H groups in total. The molecule has 0 spiro atoms. The number of aromatic hydroxyl groups is 1. The molecule has 2 aromatic heterocycles. The van der Waals surface area contributed by atoms with Crippen LogP contribution >= 0.6 is 24.0 Å². The Labute approximate surface area is 239 Å². The first-order valence-electron chi connectivity index (χ1n) is 13.2. The van der Waals surface area contributed by atoms with Crippen LogP contribution in [-0.2, 0) is 4.79 Å². The molecule has 3 unspecified atom stereocenters. The van der Waals surface area contributed by atoms with Gasteiger partial charge in [0.05, 0.1) is 17.4 Å². The van der Waals surface area contributed by atoms with Gasteiger partial charge in [-0.25, -0.2) is 4.79 Å². The number of amides is 1. The molecule has 2 bridgehead atoms. The summed E-state index contributed by atoms with van der Waals surface area (Å²) in [6.07, 6.45) is 6.49.